The van der Waals surface area contributed by atoms with Crippen molar-refractivity contribution in [3.8, 4) is 0 Å². The predicted octanol–water partition coefficient (Wildman–Crippen LogP) is 2.33. The number of aryl methyl sites for hydroxylation is 1. The Bertz CT molecular complexity index is 407. The van der Waals surface area contributed by atoms with Gasteiger partial charge in [-0.15, -0.1) is 0 Å². The van der Waals surface area contributed by atoms with Crippen molar-refractivity contribution < 1.29 is 17.8 Å². The van der Waals surface area contributed by atoms with Crippen molar-refractivity contribution in [1.29, 1.82) is 0 Å². The van der Waals surface area contributed by atoms with Crippen LogP contribution in [0.25, 0.3) is 0 Å². The van der Waals surface area contributed by atoms with Crippen LogP contribution in [0.5, 0.6) is 0 Å². The van der Waals surface area contributed by atoms with E-state index in [-0.39, 0.29) is 0 Å². The highest BCUT2D eigenvalue weighted by Crippen LogP contribution is 2.16. The van der Waals surface area contributed by atoms with E-state index in [1.165, 1.54) is 0 Å². The molecule has 0 aromatic heterocycles. The number of Topliss-reactive ketones (excluding diaryl/α,β-unsaturated/α-hetero) is 1. The molecular weight excluding hydrogens is 234 g/mol. The van der Waals surface area contributed by atoms with Gasteiger partial charge in [0.15, 0.2) is 0 Å². The number of alkyl halides is 2. The van der Waals surface area contributed by atoms with Gasteiger partial charge < -0.3 is 0 Å². The first-order valence-electron chi connectivity index (χ1n) is 4.67. The van der Waals surface area contributed by atoms with Crippen LogP contribution in [0.1, 0.15) is 12.5 Å². The maximum absolute atomic E-state index is 12.6. The minimum atomic E-state index is -3.42. The van der Waals surface area contributed by atoms with Crippen molar-refractivity contribution in [2.45, 2.75) is 24.7 Å². The number of halogens is 2. The summed E-state index contributed by atoms with van der Waals surface area (Å²) in [5.41, 5.74) is 0.980. The van der Waals surface area contributed by atoms with Crippen LogP contribution in [0, 0.1) is 6.92 Å². The molecule has 0 saturated carbocycles. The van der Waals surface area contributed by atoms with Crippen LogP contribution in [-0.2, 0) is 15.6 Å². The zero-order chi connectivity index (χ0) is 12.3. The van der Waals surface area contributed by atoms with E-state index in [9.17, 15) is 17.8 Å². The van der Waals surface area contributed by atoms with Crippen molar-refractivity contribution in [2.24, 2.45) is 0 Å². The molecule has 16 heavy (non-hydrogen) atoms. The molecule has 0 bridgehead atoms. The number of rotatable bonds is 4. The molecular formula is C11H12F2O2S. The van der Waals surface area contributed by atoms with Crippen LogP contribution in [0.15, 0.2) is 29.2 Å². The first-order chi connectivity index (χ1) is 7.30. The van der Waals surface area contributed by atoms with Crippen molar-refractivity contribution in [3.05, 3.63) is 29.8 Å². The molecule has 2 nitrogen and oxygen atoms in total. The van der Waals surface area contributed by atoms with E-state index < -0.39 is 28.3 Å². The van der Waals surface area contributed by atoms with Crippen molar-refractivity contribution >= 4 is 16.6 Å². The molecule has 0 spiro atoms. The van der Waals surface area contributed by atoms with E-state index in [1.807, 2.05) is 6.92 Å². The van der Waals surface area contributed by atoms with E-state index in [0.717, 1.165) is 5.56 Å². The SMILES string of the molecule is Cc1ccc(S(=O)CC(=O)C(C)(F)F)cc1. The second-order valence-electron chi connectivity index (χ2n) is 3.61. The molecule has 1 atom stereocenters. The normalized spacial score (nSPS) is 13.5. The van der Waals surface area contributed by atoms with Gasteiger partial charge in [-0.2, -0.15) is 8.78 Å². The maximum Gasteiger partial charge on any atom is 0.303 e. The fourth-order valence-corrected chi connectivity index (χ4v) is 2.12. The summed E-state index contributed by atoms with van der Waals surface area (Å²) in [6.07, 6.45) is 0. The summed E-state index contributed by atoms with van der Waals surface area (Å²) in [6, 6.07) is 6.60. The fraction of sp³-hybridized carbons (Fsp3) is 0.364. The molecule has 0 heterocycles. The van der Waals surface area contributed by atoms with Gasteiger partial charge in [0.1, 0.15) is 0 Å². The third-order valence-corrected chi connectivity index (χ3v) is 3.36. The van der Waals surface area contributed by atoms with E-state index in [1.54, 1.807) is 24.3 Å². The van der Waals surface area contributed by atoms with Gasteiger partial charge in [-0.25, -0.2) is 0 Å². The van der Waals surface area contributed by atoms with E-state index in [2.05, 4.69) is 0 Å². The highest BCUT2D eigenvalue weighted by Gasteiger charge is 2.33. The molecule has 0 aliphatic heterocycles. The molecule has 0 saturated heterocycles. The molecule has 0 N–H and O–H groups in total. The molecule has 0 amide bonds. The van der Waals surface area contributed by atoms with Crippen LogP contribution in [0.2, 0.25) is 0 Å². The molecule has 0 aliphatic rings. The van der Waals surface area contributed by atoms with Gasteiger partial charge in [-0.1, -0.05) is 17.7 Å². The monoisotopic (exact) mass is 246 g/mol. The lowest BCUT2D eigenvalue weighted by Gasteiger charge is -2.08. The summed E-state index contributed by atoms with van der Waals surface area (Å²) in [6.45, 7) is 2.37. The lowest BCUT2D eigenvalue weighted by molar-refractivity contribution is -0.137. The van der Waals surface area contributed by atoms with E-state index in [4.69, 9.17) is 0 Å². The summed E-state index contributed by atoms with van der Waals surface area (Å²) in [5, 5.41) is 0. The first kappa shape index (κ1) is 13.0. The van der Waals surface area contributed by atoms with E-state index in [0.29, 0.717) is 11.8 Å². The Morgan fingerprint density at radius 2 is 1.81 bits per heavy atom. The molecule has 1 aromatic carbocycles. The number of ketones is 1. The van der Waals surface area contributed by atoms with Gasteiger partial charge in [0.2, 0.25) is 5.78 Å². The Hall–Kier alpha value is -1.10. The third kappa shape index (κ3) is 3.48. The standard InChI is InChI=1S/C11H12F2O2S/c1-8-3-5-9(6-4-8)16(15)7-10(14)11(2,12)13/h3-6H,7H2,1-2H3. The highest BCUT2D eigenvalue weighted by molar-refractivity contribution is 7.85. The number of benzene rings is 1. The third-order valence-electron chi connectivity index (χ3n) is 2.04. The van der Waals surface area contributed by atoms with Crippen LogP contribution >= 0.6 is 0 Å². The summed E-state index contributed by atoms with van der Waals surface area (Å²) in [7, 11) is -1.70. The van der Waals surface area contributed by atoms with Crippen LogP contribution < -0.4 is 0 Å². The number of hydrogen-bond acceptors (Lipinski definition) is 2. The van der Waals surface area contributed by atoms with Crippen LogP contribution in [0.4, 0.5) is 8.78 Å². The predicted molar refractivity (Wildman–Crippen MR) is 58.1 cm³/mol. The molecule has 0 aliphatic carbocycles. The fourth-order valence-electron chi connectivity index (χ4n) is 1.02. The molecule has 0 radical (unpaired) electrons. The quantitative estimate of drug-likeness (QED) is 0.817. The van der Waals surface area contributed by atoms with Gasteiger partial charge in [0.25, 0.3) is 0 Å². The zero-order valence-corrected chi connectivity index (χ0v) is 9.81. The molecule has 1 unspecified atom stereocenters. The number of hydrogen-bond donors (Lipinski definition) is 0. The topological polar surface area (TPSA) is 34.1 Å². The van der Waals surface area contributed by atoms with Crippen LogP contribution in [0.3, 0.4) is 0 Å². The maximum atomic E-state index is 12.6. The lowest BCUT2D eigenvalue weighted by atomic mass is 10.2. The smallest absolute Gasteiger partial charge is 0.292 e. The Morgan fingerprint density at radius 3 is 2.25 bits per heavy atom. The van der Waals surface area contributed by atoms with Gasteiger partial charge in [-0.3, -0.25) is 9.00 Å². The van der Waals surface area contributed by atoms with Crippen molar-refractivity contribution in [1.82, 2.24) is 0 Å². The van der Waals surface area contributed by atoms with Gasteiger partial charge in [0, 0.05) is 11.8 Å². The molecule has 0 fully saturated rings. The summed E-state index contributed by atoms with van der Waals surface area (Å²) < 4.78 is 36.7. The van der Waals surface area contributed by atoms with Gasteiger partial charge >= 0.3 is 5.92 Å². The Labute approximate surface area is 95.1 Å². The Kier molecular flexibility index (Phi) is 3.91. The summed E-state index contributed by atoms with van der Waals surface area (Å²) >= 11 is 0. The second-order valence-corrected chi connectivity index (χ2v) is 5.07. The Balaban J connectivity index is 2.74. The second kappa shape index (κ2) is 4.82. The lowest BCUT2D eigenvalue weighted by Crippen LogP contribution is -2.29. The molecule has 1 rings (SSSR count). The molecule has 88 valence electrons. The van der Waals surface area contributed by atoms with Gasteiger partial charge in [0.05, 0.1) is 16.6 Å². The van der Waals surface area contributed by atoms with Crippen LogP contribution in [-0.4, -0.2) is 21.7 Å². The zero-order valence-electron chi connectivity index (χ0n) is 9.00. The van der Waals surface area contributed by atoms with Crippen molar-refractivity contribution in [2.75, 3.05) is 5.75 Å². The minimum absolute atomic E-state index is 0.392. The van der Waals surface area contributed by atoms with Crippen molar-refractivity contribution in [3.63, 3.8) is 0 Å². The summed E-state index contributed by atoms with van der Waals surface area (Å²) in [4.78, 5) is 11.4. The minimum Gasteiger partial charge on any atom is -0.292 e. The first-order valence-corrected chi connectivity index (χ1v) is 5.99. The average Bonchev–Trinajstić information content (AvgIpc) is 2.17. The Morgan fingerprint density at radius 1 is 1.31 bits per heavy atom. The average molecular weight is 246 g/mol. The largest absolute Gasteiger partial charge is 0.303 e. The van der Waals surface area contributed by atoms with E-state index >= 15 is 0 Å². The van der Waals surface area contributed by atoms with Gasteiger partial charge in [-0.05, 0) is 19.1 Å². The number of carbonyl (C=O) groups excluding carboxylic acids is 1. The summed E-state index contributed by atoms with van der Waals surface area (Å²) in [5.74, 6) is -5.36. The molecule has 1 aromatic rings. The molecule has 5 heteroatoms. The highest BCUT2D eigenvalue weighted by atomic mass is 32.2. The number of carbonyl (C=O) groups is 1.